The zero-order valence-corrected chi connectivity index (χ0v) is 33.9. The lowest BCUT2D eigenvalue weighted by molar-refractivity contribution is -0.763. The maximum absolute atomic E-state index is 13.0. The van der Waals surface area contributed by atoms with E-state index in [1.165, 1.54) is 50.5 Å². The number of carbonyl (C=O) groups excluding carboxylic acids is 3. The molecular formula is C44H49F3N2O13. The Morgan fingerprint density at radius 2 is 1.71 bits per heavy atom. The van der Waals surface area contributed by atoms with Gasteiger partial charge in [-0.2, -0.15) is 13.2 Å². The molecule has 0 radical (unpaired) electrons. The number of rotatable bonds is 22. The number of esters is 2. The van der Waals surface area contributed by atoms with Gasteiger partial charge in [-0.25, -0.2) is 9.59 Å². The number of allylic oxidation sites excluding steroid dienone is 2. The van der Waals surface area contributed by atoms with E-state index in [0.29, 0.717) is 36.0 Å². The second kappa shape index (κ2) is 23.7. The highest BCUT2D eigenvalue weighted by Gasteiger charge is 2.39. The average Bonchev–Trinajstić information content (AvgIpc) is 3.51. The van der Waals surface area contributed by atoms with Crippen molar-refractivity contribution in [1.29, 1.82) is 0 Å². The van der Waals surface area contributed by atoms with Gasteiger partial charge in [0.2, 0.25) is 5.91 Å². The lowest BCUT2D eigenvalue weighted by Gasteiger charge is -2.19. The predicted molar refractivity (Wildman–Crippen MR) is 217 cm³/mol. The SMILES string of the molecule is COc1cc(/C=C/C(=O)OCc2ccc(CO[N+](=O)[O-])cc2)ccc1OC(=O)C(C)NC(=O)CCC/C=C\C[C@@H]1[C@@H](/C=C/[C@@H](O)COc2cccc(C(F)(F)F)c2)[C@H](O)C[C@@H]1O. The van der Waals surface area contributed by atoms with Crippen molar-refractivity contribution in [2.45, 2.75) is 82.8 Å². The molecule has 1 saturated carbocycles. The van der Waals surface area contributed by atoms with Crippen LogP contribution in [-0.4, -0.2) is 76.3 Å². The van der Waals surface area contributed by atoms with Gasteiger partial charge in [0, 0.05) is 24.8 Å². The smallest absolute Gasteiger partial charge is 0.416 e. The zero-order chi connectivity index (χ0) is 45.2. The predicted octanol–water partition coefficient (Wildman–Crippen LogP) is 6.06. The van der Waals surface area contributed by atoms with E-state index in [2.05, 4.69) is 10.2 Å². The van der Waals surface area contributed by atoms with Crippen molar-refractivity contribution in [1.82, 2.24) is 5.32 Å². The van der Waals surface area contributed by atoms with Crippen molar-refractivity contribution in [3.63, 3.8) is 0 Å². The number of alkyl halides is 3. The summed E-state index contributed by atoms with van der Waals surface area (Å²) < 4.78 is 60.3. The minimum Gasteiger partial charge on any atom is -0.493 e. The molecule has 0 aromatic heterocycles. The monoisotopic (exact) mass is 870 g/mol. The van der Waals surface area contributed by atoms with Gasteiger partial charge in [0.1, 0.15) is 37.7 Å². The number of unbranched alkanes of at least 4 members (excludes halogenated alkanes) is 1. The van der Waals surface area contributed by atoms with Crippen LogP contribution >= 0.6 is 0 Å². The first-order chi connectivity index (χ1) is 29.5. The van der Waals surface area contributed by atoms with Gasteiger partial charge in [0.05, 0.1) is 24.9 Å². The maximum atomic E-state index is 13.0. The fourth-order valence-corrected chi connectivity index (χ4v) is 6.38. The number of hydrogen-bond acceptors (Lipinski definition) is 13. The van der Waals surface area contributed by atoms with Gasteiger partial charge < -0.3 is 44.4 Å². The molecule has 334 valence electrons. The van der Waals surface area contributed by atoms with E-state index in [1.807, 2.05) is 12.2 Å². The Balaban J connectivity index is 1.15. The van der Waals surface area contributed by atoms with E-state index in [-0.39, 0.29) is 61.7 Å². The van der Waals surface area contributed by atoms with Gasteiger partial charge in [-0.15, -0.1) is 10.1 Å². The first kappa shape index (κ1) is 48.4. The van der Waals surface area contributed by atoms with Crippen LogP contribution in [-0.2, 0) is 43.3 Å². The molecule has 4 rings (SSSR count). The molecule has 1 fully saturated rings. The summed E-state index contributed by atoms with van der Waals surface area (Å²) in [6, 6.07) is 14.5. The Morgan fingerprint density at radius 1 is 0.984 bits per heavy atom. The summed E-state index contributed by atoms with van der Waals surface area (Å²) in [5.74, 6) is -2.37. The normalized spacial score (nSPS) is 18.7. The summed E-state index contributed by atoms with van der Waals surface area (Å²) >= 11 is 0. The Morgan fingerprint density at radius 3 is 2.40 bits per heavy atom. The molecule has 1 aliphatic rings. The van der Waals surface area contributed by atoms with E-state index >= 15 is 0 Å². The second-order valence-electron chi connectivity index (χ2n) is 14.4. The molecule has 62 heavy (non-hydrogen) atoms. The molecule has 3 aromatic rings. The Hall–Kier alpha value is -6.24. The summed E-state index contributed by atoms with van der Waals surface area (Å²) in [6.07, 6.45) is 3.56. The molecule has 4 N–H and O–H groups in total. The standard InChI is InChI=1S/C44H49F3N2O13/c1-28(43(55)62-39-20-16-29(22-40(39)58-2)17-21-42(54)60-25-30-12-14-31(15-13-30)26-61-49(56)57)48-41(53)11-6-4-3-5-10-35-36(38(52)24-37(35)51)19-18-33(50)27-59-34-9-7-8-32(23-34)44(45,46)47/h3,5,7-9,12-23,28,33,35-38,50-52H,4,6,10-11,24-27H2,1-2H3,(H,48,53)/b5-3-,19-18+,21-17+/t28?,33-,35-,36-,37+,38-/m1/s1. The van der Waals surface area contributed by atoms with Crippen LogP contribution < -0.4 is 19.5 Å². The highest BCUT2D eigenvalue weighted by molar-refractivity contribution is 5.87. The van der Waals surface area contributed by atoms with Crippen LogP contribution in [0.1, 0.15) is 61.3 Å². The third-order valence-corrected chi connectivity index (χ3v) is 9.68. The Labute approximate surface area is 355 Å². The molecule has 0 aliphatic heterocycles. The molecule has 0 heterocycles. The van der Waals surface area contributed by atoms with Crippen LogP contribution in [0.5, 0.6) is 17.2 Å². The minimum absolute atomic E-state index is 0.0299. The first-order valence-electron chi connectivity index (χ1n) is 19.6. The first-order valence-corrected chi connectivity index (χ1v) is 19.6. The quantitative estimate of drug-likeness (QED) is 0.0172. The van der Waals surface area contributed by atoms with Gasteiger partial charge in [-0.3, -0.25) is 4.79 Å². The van der Waals surface area contributed by atoms with Crippen LogP contribution in [0.15, 0.2) is 97.1 Å². The van der Waals surface area contributed by atoms with Gasteiger partial charge in [0.25, 0.3) is 5.09 Å². The number of nitrogens with one attached hydrogen (secondary N) is 1. The molecular weight excluding hydrogens is 821 g/mol. The van der Waals surface area contributed by atoms with Crippen molar-refractivity contribution in [3.8, 4) is 17.2 Å². The third-order valence-electron chi connectivity index (χ3n) is 9.68. The van der Waals surface area contributed by atoms with E-state index in [0.717, 1.165) is 12.1 Å². The van der Waals surface area contributed by atoms with Crippen molar-refractivity contribution in [2.75, 3.05) is 13.7 Å². The summed E-state index contributed by atoms with van der Waals surface area (Å²) in [4.78, 5) is 52.3. The fraction of sp³-hybridized carbons (Fsp3) is 0.386. The Bertz CT molecular complexity index is 2060. The molecule has 1 amide bonds. The van der Waals surface area contributed by atoms with Crippen LogP contribution in [0.3, 0.4) is 0 Å². The number of aliphatic hydroxyl groups is 3. The third kappa shape index (κ3) is 16.0. The van der Waals surface area contributed by atoms with E-state index in [4.69, 9.17) is 18.9 Å². The van der Waals surface area contributed by atoms with E-state index < -0.39 is 59.0 Å². The number of aliphatic hydroxyl groups excluding tert-OH is 3. The molecule has 6 atom stereocenters. The number of methoxy groups -OCH3 is 1. The van der Waals surface area contributed by atoms with Gasteiger partial charge >= 0.3 is 18.1 Å². The number of ether oxygens (including phenoxy) is 4. The van der Waals surface area contributed by atoms with Crippen molar-refractivity contribution >= 4 is 23.9 Å². The molecule has 15 nitrogen and oxygen atoms in total. The highest BCUT2D eigenvalue weighted by atomic mass is 19.4. The van der Waals surface area contributed by atoms with Gasteiger partial charge in [-0.05, 0) is 85.2 Å². The van der Waals surface area contributed by atoms with E-state index in [1.54, 1.807) is 42.5 Å². The summed E-state index contributed by atoms with van der Waals surface area (Å²) in [5, 5.41) is 43.5. The number of amides is 1. The lowest BCUT2D eigenvalue weighted by Crippen LogP contribution is -2.40. The molecule has 0 bridgehead atoms. The molecule has 0 saturated heterocycles. The number of carbonyl (C=O) groups is 3. The van der Waals surface area contributed by atoms with Gasteiger partial charge in [-0.1, -0.05) is 60.7 Å². The van der Waals surface area contributed by atoms with E-state index in [9.17, 15) is 53.0 Å². The highest BCUT2D eigenvalue weighted by Crippen LogP contribution is 2.37. The van der Waals surface area contributed by atoms with Crippen molar-refractivity contribution < 1.29 is 71.7 Å². The minimum atomic E-state index is -4.53. The molecule has 1 unspecified atom stereocenters. The topological polar surface area (TPSA) is 213 Å². The second-order valence-corrected chi connectivity index (χ2v) is 14.4. The van der Waals surface area contributed by atoms with Crippen LogP contribution in [0, 0.1) is 22.0 Å². The van der Waals surface area contributed by atoms with Crippen molar-refractivity contribution in [3.05, 3.63) is 129 Å². The number of benzene rings is 3. The maximum Gasteiger partial charge on any atom is 0.416 e. The largest absolute Gasteiger partial charge is 0.493 e. The van der Waals surface area contributed by atoms with Crippen molar-refractivity contribution in [2.24, 2.45) is 11.8 Å². The van der Waals surface area contributed by atoms with Crippen LogP contribution in [0.25, 0.3) is 6.08 Å². The fourth-order valence-electron chi connectivity index (χ4n) is 6.38. The molecule has 0 spiro atoms. The lowest BCUT2D eigenvalue weighted by atomic mass is 9.89. The van der Waals surface area contributed by atoms with Gasteiger partial charge in [0.15, 0.2) is 11.5 Å². The molecule has 18 heteroatoms. The number of halogens is 3. The molecule has 3 aromatic carbocycles. The Kier molecular flexibility index (Phi) is 18.5. The summed E-state index contributed by atoms with van der Waals surface area (Å²) in [7, 11) is 1.37. The number of hydrogen-bond donors (Lipinski definition) is 4. The summed E-state index contributed by atoms with van der Waals surface area (Å²) in [6.45, 7) is 0.933. The van der Waals surface area contributed by atoms with Crippen LogP contribution in [0.4, 0.5) is 13.2 Å². The van der Waals surface area contributed by atoms with Crippen LogP contribution in [0.2, 0.25) is 0 Å². The number of nitrogens with zero attached hydrogens (tertiary/aromatic N) is 1. The summed E-state index contributed by atoms with van der Waals surface area (Å²) in [5.41, 5.74) is 0.907. The average molecular weight is 871 g/mol. The zero-order valence-electron chi connectivity index (χ0n) is 33.9. The molecule has 1 aliphatic carbocycles.